The molecule has 228 valence electrons. The lowest BCUT2D eigenvalue weighted by molar-refractivity contribution is -0.385. The van der Waals surface area contributed by atoms with Crippen molar-refractivity contribution in [3.05, 3.63) is 128 Å². The zero-order valence-electron chi connectivity index (χ0n) is 23.5. The highest BCUT2D eigenvalue weighted by atomic mass is 35.5. The molecule has 0 unspecified atom stereocenters. The van der Waals surface area contributed by atoms with Crippen LogP contribution < -0.4 is 14.5 Å². The van der Waals surface area contributed by atoms with Gasteiger partial charge in [-0.05, 0) is 97.4 Å². The number of hydrogen-bond acceptors (Lipinski definition) is 6. The van der Waals surface area contributed by atoms with Gasteiger partial charge in [0.1, 0.15) is 11.3 Å². The van der Waals surface area contributed by atoms with Crippen LogP contribution in [0.2, 0.25) is 5.02 Å². The third-order valence-electron chi connectivity index (χ3n) is 6.98. The number of benzene rings is 4. The number of rotatable bonds is 6. The van der Waals surface area contributed by atoms with Crippen LogP contribution in [-0.4, -0.2) is 21.9 Å². The fourth-order valence-electron chi connectivity index (χ4n) is 4.52. The average molecular weight is 652 g/mol. The van der Waals surface area contributed by atoms with Crippen molar-refractivity contribution < 1.29 is 32.4 Å². The van der Waals surface area contributed by atoms with E-state index in [1.807, 2.05) is 19.9 Å². The SMILES string of the molecule is Cc1ccc(N2C(=O)/C(=C\c3ccc(Oc4ccc(C(F)(F)F)cc4[N+](=O)[O-])c(Cl)c3)C(=O)N(c3ccccc3)C2=S)cc1C. The number of amides is 2. The molecule has 1 saturated heterocycles. The summed E-state index contributed by atoms with van der Waals surface area (Å²) in [7, 11) is 0. The second-order valence-electron chi connectivity index (χ2n) is 9.96. The monoisotopic (exact) mass is 651 g/mol. The molecule has 0 spiro atoms. The lowest BCUT2D eigenvalue weighted by Gasteiger charge is -2.36. The van der Waals surface area contributed by atoms with Gasteiger partial charge in [0, 0.05) is 6.07 Å². The summed E-state index contributed by atoms with van der Waals surface area (Å²) >= 11 is 12.0. The summed E-state index contributed by atoms with van der Waals surface area (Å²) in [6.07, 6.45) is -3.47. The predicted octanol–water partition coefficient (Wildman–Crippen LogP) is 8.42. The minimum absolute atomic E-state index is 0.0310. The van der Waals surface area contributed by atoms with Gasteiger partial charge in [0.2, 0.25) is 5.75 Å². The van der Waals surface area contributed by atoms with Crippen LogP contribution in [0.15, 0.2) is 90.5 Å². The molecule has 4 aromatic carbocycles. The Morgan fingerprint density at radius 3 is 2.09 bits per heavy atom. The van der Waals surface area contributed by atoms with Crippen molar-refractivity contribution >= 4 is 63.9 Å². The number of nitrogens with zero attached hydrogens (tertiary/aromatic N) is 3. The average Bonchev–Trinajstić information content (AvgIpc) is 2.98. The molecular formula is C32H21ClF3N3O5S. The molecule has 1 fully saturated rings. The Balaban J connectivity index is 1.53. The topological polar surface area (TPSA) is 93.0 Å². The van der Waals surface area contributed by atoms with Crippen LogP contribution in [0.3, 0.4) is 0 Å². The molecule has 13 heteroatoms. The van der Waals surface area contributed by atoms with Crippen molar-refractivity contribution in [1.82, 2.24) is 0 Å². The summed E-state index contributed by atoms with van der Waals surface area (Å²) in [5.74, 6) is -1.91. The van der Waals surface area contributed by atoms with E-state index in [1.54, 1.807) is 42.5 Å². The molecule has 0 radical (unpaired) electrons. The maximum absolute atomic E-state index is 13.8. The van der Waals surface area contributed by atoms with E-state index in [9.17, 15) is 32.9 Å². The molecule has 1 heterocycles. The fraction of sp³-hybridized carbons (Fsp3) is 0.0938. The molecule has 1 aliphatic rings. The van der Waals surface area contributed by atoms with Gasteiger partial charge >= 0.3 is 11.9 Å². The van der Waals surface area contributed by atoms with E-state index in [4.69, 9.17) is 28.6 Å². The lowest BCUT2D eigenvalue weighted by Crippen LogP contribution is -2.57. The minimum Gasteiger partial charge on any atom is -0.449 e. The normalized spacial score (nSPS) is 14.7. The van der Waals surface area contributed by atoms with E-state index >= 15 is 0 Å². The molecule has 8 nitrogen and oxygen atoms in total. The number of para-hydroxylation sites is 1. The summed E-state index contributed by atoms with van der Waals surface area (Å²) in [6.45, 7) is 3.81. The van der Waals surface area contributed by atoms with Crippen molar-refractivity contribution in [3.8, 4) is 11.5 Å². The maximum Gasteiger partial charge on any atom is 0.416 e. The van der Waals surface area contributed by atoms with E-state index in [0.29, 0.717) is 29.1 Å². The van der Waals surface area contributed by atoms with Crippen molar-refractivity contribution in [3.63, 3.8) is 0 Å². The number of halogens is 4. The van der Waals surface area contributed by atoms with Gasteiger partial charge in [-0.1, -0.05) is 41.9 Å². The van der Waals surface area contributed by atoms with Gasteiger partial charge in [0.25, 0.3) is 11.8 Å². The van der Waals surface area contributed by atoms with Crippen molar-refractivity contribution in [2.75, 3.05) is 9.80 Å². The third-order valence-corrected chi connectivity index (χ3v) is 7.64. The summed E-state index contributed by atoms with van der Waals surface area (Å²) < 4.78 is 44.8. The molecular weight excluding hydrogens is 631 g/mol. The Labute approximate surface area is 265 Å². The number of thiocarbonyl (C=S) groups is 1. The quantitative estimate of drug-likeness (QED) is 0.0683. The molecule has 5 rings (SSSR count). The first-order valence-electron chi connectivity index (χ1n) is 13.2. The zero-order valence-corrected chi connectivity index (χ0v) is 25.0. The van der Waals surface area contributed by atoms with E-state index < -0.39 is 39.9 Å². The van der Waals surface area contributed by atoms with Crippen LogP contribution in [-0.2, 0) is 15.8 Å². The summed E-state index contributed by atoms with van der Waals surface area (Å²) in [5.41, 5.74) is 0.767. The standard InChI is InChI=1S/C32H21ClF3N3O5S/c1-18-8-11-23(14-19(18)2)38-30(41)24(29(40)37(31(38)45)22-6-4-3-5-7-22)15-20-9-12-27(25(33)16-20)44-28-13-10-21(32(34,35)36)17-26(28)39(42)43/h3-17H,1-2H3/b24-15-. The summed E-state index contributed by atoms with van der Waals surface area (Å²) in [5, 5.41) is 11.3. The minimum atomic E-state index is -4.79. The first kappa shape index (κ1) is 31.4. The first-order valence-corrected chi connectivity index (χ1v) is 13.9. The second kappa shape index (κ2) is 12.1. The molecule has 45 heavy (non-hydrogen) atoms. The summed E-state index contributed by atoms with van der Waals surface area (Å²) in [4.78, 5) is 40.6. The number of carbonyl (C=O) groups excluding carboxylic acids is 2. The van der Waals surface area contributed by atoms with E-state index in [0.717, 1.165) is 17.2 Å². The first-order chi connectivity index (χ1) is 21.3. The van der Waals surface area contributed by atoms with Gasteiger partial charge < -0.3 is 4.74 Å². The van der Waals surface area contributed by atoms with Crippen LogP contribution >= 0.6 is 23.8 Å². The Morgan fingerprint density at radius 1 is 0.844 bits per heavy atom. The molecule has 0 saturated carbocycles. The van der Waals surface area contributed by atoms with Crippen LogP contribution in [0.4, 0.5) is 30.2 Å². The molecule has 0 aromatic heterocycles. The number of alkyl halides is 3. The number of hydrogen-bond donors (Lipinski definition) is 0. The van der Waals surface area contributed by atoms with Crippen LogP contribution in [0.1, 0.15) is 22.3 Å². The highest BCUT2D eigenvalue weighted by molar-refractivity contribution is 7.81. The van der Waals surface area contributed by atoms with E-state index in [2.05, 4.69) is 0 Å². The predicted molar refractivity (Wildman–Crippen MR) is 168 cm³/mol. The largest absolute Gasteiger partial charge is 0.449 e. The van der Waals surface area contributed by atoms with Gasteiger partial charge in [-0.2, -0.15) is 13.2 Å². The van der Waals surface area contributed by atoms with Crippen molar-refractivity contribution in [2.45, 2.75) is 20.0 Å². The van der Waals surface area contributed by atoms with Gasteiger partial charge in [0.05, 0.1) is 26.9 Å². The van der Waals surface area contributed by atoms with Crippen molar-refractivity contribution in [2.24, 2.45) is 0 Å². The Hall–Kier alpha value is -5.07. The third kappa shape index (κ3) is 6.28. The Morgan fingerprint density at radius 2 is 1.49 bits per heavy atom. The van der Waals surface area contributed by atoms with Gasteiger partial charge in [-0.25, -0.2) is 0 Å². The Bertz CT molecular complexity index is 1910. The number of anilines is 2. The fourth-order valence-corrected chi connectivity index (χ4v) is 5.13. The number of ether oxygens (including phenoxy) is 1. The van der Waals surface area contributed by atoms with Crippen LogP contribution in [0.5, 0.6) is 11.5 Å². The molecule has 0 bridgehead atoms. The van der Waals surface area contributed by atoms with E-state index in [-0.39, 0.29) is 21.5 Å². The van der Waals surface area contributed by atoms with Gasteiger partial charge in [-0.15, -0.1) is 0 Å². The maximum atomic E-state index is 13.8. The molecule has 0 atom stereocenters. The zero-order chi connectivity index (χ0) is 32.6. The van der Waals surface area contributed by atoms with Gasteiger partial charge in [0.15, 0.2) is 5.11 Å². The number of carbonyl (C=O) groups is 2. The molecule has 4 aromatic rings. The number of aryl methyl sites for hydroxylation is 2. The second-order valence-corrected chi connectivity index (χ2v) is 10.7. The van der Waals surface area contributed by atoms with Crippen LogP contribution in [0, 0.1) is 24.0 Å². The number of nitro groups is 1. The number of nitro benzene ring substituents is 1. The molecule has 2 amide bonds. The summed E-state index contributed by atoms with van der Waals surface area (Å²) in [6, 6.07) is 19.9. The van der Waals surface area contributed by atoms with Gasteiger partial charge in [-0.3, -0.25) is 29.5 Å². The highest BCUT2D eigenvalue weighted by Gasteiger charge is 2.41. The van der Waals surface area contributed by atoms with Crippen LogP contribution in [0.25, 0.3) is 6.08 Å². The lowest BCUT2D eigenvalue weighted by atomic mass is 10.0. The smallest absolute Gasteiger partial charge is 0.416 e. The van der Waals surface area contributed by atoms with Crippen molar-refractivity contribution in [1.29, 1.82) is 0 Å². The molecule has 1 aliphatic heterocycles. The molecule has 0 aliphatic carbocycles. The Kier molecular flexibility index (Phi) is 8.46. The van der Waals surface area contributed by atoms with E-state index in [1.165, 1.54) is 34.1 Å². The highest BCUT2D eigenvalue weighted by Crippen LogP contribution is 2.40. The molecule has 0 N–H and O–H groups in total.